The van der Waals surface area contributed by atoms with E-state index in [-0.39, 0.29) is 0 Å². The van der Waals surface area contributed by atoms with Crippen LogP contribution in [-0.4, -0.2) is 31.3 Å². The van der Waals surface area contributed by atoms with Gasteiger partial charge in [0, 0.05) is 6.04 Å². The minimum Gasteiger partial charge on any atom is -0.390 e. The molecule has 0 radical (unpaired) electrons. The maximum atomic E-state index is 10.1. The SMILES string of the molecule is Cc1cnc2ccc(N[C@H]3CC[C@H](C(C)(C)O)CC3)nn12. The van der Waals surface area contributed by atoms with Crippen molar-refractivity contribution < 1.29 is 5.11 Å². The average Bonchev–Trinajstić information content (AvgIpc) is 2.80. The summed E-state index contributed by atoms with van der Waals surface area (Å²) < 4.78 is 1.87. The molecule has 5 heteroatoms. The van der Waals surface area contributed by atoms with E-state index in [1.807, 2.05) is 43.6 Å². The zero-order chi connectivity index (χ0) is 15.0. The van der Waals surface area contributed by atoms with Gasteiger partial charge in [0.2, 0.25) is 0 Å². The Hall–Kier alpha value is -1.62. The van der Waals surface area contributed by atoms with Gasteiger partial charge in [-0.15, -0.1) is 5.10 Å². The molecule has 0 aliphatic heterocycles. The molecule has 0 amide bonds. The standard InChI is InChI=1S/C16H24N4O/c1-11-10-17-15-9-8-14(19-20(11)15)18-13-6-4-12(5-7-13)16(2,3)21/h8-10,12-13,21H,4-7H2,1-3H3,(H,18,19)/t12-,13-. The smallest absolute Gasteiger partial charge is 0.153 e. The molecule has 1 aliphatic rings. The molecule has 114 valence electrons. The van der Waals surface area contributed by atoms with E-state index in [0.29, 0.717) is 12.0 Å². The van der Waals surface area contributed by atoms with Gasteiger partial charge < -0.3 is 10.4 Å². The normalized spacial score (nSPS) is 23.4. The van der Waals surface area contributed by atoms with Gasteiger partial charge in [0.25, 0.3) is 0 Å². The van der Waals surface area contributed by atoms with E-state index < -0.39 is 5.60 Å². The van der Waals surface area contributed by atoms with Crippen LogP contribution in [0.1, 0.15) is 45.2 Å². The molecule has 2 N–H and O–H groups in total. The van der Waals surface area contributed by atoms with Crippen LogP contribution < -0.4 is 5.32 Å². The molecule has 21 heavy (non-hydrogen) atoms. The summed E-state index contributed by atoms with van der Waals surface area (Å²) in [7, 11) is 0. The summed E-state index contributed by atoms with van der Waals surface area (Å²) >= 11 is 0. The van der Waals surface area contributed by atoms with Gasteiger partial charge in [-0.2, -0.15) is 0 Å². The number of anilines is 1. The zero-order valence-corrected chi connectivity index (χ0v) is 13.0. The third-order valence-electron chi connectivity index (χ3n) is 4.61. The minimum atomic E-state index is -0.559. The molecule has 0 aromatic carbocycles. The second-order valence-corrected chi connectivity index (χ2v) is 6.73. The lowest BCUT2D eigenvalue weighted by atomic mass is 9.77. The van der Waals surface area contributed by atoms with Crippen molar-refractivity contribution in [1.82, 2.24) is 14.6 Å². The first-order valence-electron chi connectivity index (χ1n) is 7.74. The van der Waals surface area contributed by atoms with Gasteiger partial charge in [0.05, 0.1) is 17.5 Å². The molecular weight excluding hydrogens is 264 g/mol. The van der Waals surface area contributed by atoms with Crippen molar-refractivity contribution in [2.75, 3.05) is 5.32 Å². The molecule has 0 unspecified atom stereocenters. The fourth-order valence-electron chi connectivity index (χ4n) is 3.22. The predicted molar refractivity (Wildman–Crippen MR) is 83.4 cm³/mol. The van der Waals surface area contributed by atoms with E-state index in [1.54, 1.807) is 0 Å². The number of aliphatic hydroxyl groups is 1. The Morgan fingerprint density at radius 3 is 2.62 bits per heavy atom. The average molecular weight is 288 g/mol. The van der Waals surface area contributed by atoms with Crippen LogP contribution in [0, 0.1) is 12.8 Å². The topological polar surface area (TPSA) is 62.5 Å². The van der Waals surface area contributed by atoms with Crippen molar-refractivity contribution in [3.05, 3.63) is 24.0 Å². The van der Waals surface area contributed by atoms with Crippen LogP contribution in [-0.2, 0) is 0 Å². The Bertz CT molecular complexity index is 621. The van der Waals surface area contributed by atoms with Gasteiger partial charge in [-0.05, 0) is 64.5 Å². The van der Waals surface area contributed by atoms with Gasteiger partial charge >= 0.3 is 0 Å². The maximum absolute atomic E-state index is 10.1. The Morgan fingerprint density at radius 2 is 1.95 bits per heavy atom. The van der Waals surface area contributed by atoms with Crippen LogP contribution in [0.2, 0.25) is 0 Å². The fraction of sp³-hybridized carbons (Fsp3) is 0.625. The summed E-state index contributed by atoms with van der Waals surface area (Å²) in [4.78, 5) is 4.29. The van der Waals surface area contributed by atoms with Gasteiger partial charge in [0.1, 0.15) is 5.82 Å². The molecule has 1 aliphatic carbocycles. The van der Waals surface area contributed by atoms with Crippen LogP contribution in [0.15, 0.2) is 18.3 Å². The Morgan fingerprint density at radius 1 is 1.24 bits per heavy atom. The monoisotopic (exact) mass is 288 g/mol. The van der Waals surface area contributed by atoms with Crippen LogP contribution in [0.25, 0.3) is 5.65 Å². The van der Waals surface area contributed by atoms with E-state index in [1.165, 1.54) is 0 Å². The van der Waals surface area contributed by atoms with Gasteiger partial charge in [-0.3, -0.25) is 0 Å². The quantitative estimate of drug-likeness (QED) is 0.911. The minimum absolute atomic E-state index is 0.405. The molecule has 2 aromatic rings. The number of imidazole rings is 1. The number of rotatable bonds is 3. The highest BCUT2D eigenvalue weighted by molar-refractivity contribution is 5.45. The number of hydrogen-bond donors (Lipinski definition) is 2. The van der Waals surface area contributed by atoms with Crippen molar-refractivity contribution in [1.29, 1.82) is 0 Å². The first kappa shape index (κ1) is 14.3. The number of nitrogens with zero attached hydrogens (tertiary/aromatic N) is 3. The number of nitrogens with one attached hydrogen (secondary N) is 1. The van der Waals surface area contributed by atoms with Crippen LogP contribution in [0.5, 0.6) is 0 Å². The van der Waals surface area contributed by atoms with E-state index >= 15 is 0 Å². The van der Waals surface area contributed by atoms with Crippen LogP contribution >= 0.6 is 0 Å². The number of hydrogen-bond acceptors (Lipinski definition) is 4. The summed E-state index contributed by atoms with van der Waals surface area (Å²) in [6.45, 7) is 5.84. The van der Waals surface area contributed by atoms with E-state index in [4.69, 9.17) is 0 Å². The molecule has 0 atom stereocenters. The highest BCUT2D eigenvalue weighted by atomic mass is 16.3. The predicted octanol–water partition coefficient (Wildman–Crippen LogP) is 2.78. The lowest BCUT2D eigenvalue weighted by Crippen LogP contribution is -2.37. The molecular formula is C16H24N4O. The lowest BCUT2D eigenvalue weighted by molar-refractivity contribution is -0.000405. The first-order chi connectivity index (χ1) is 9.93. The van der Waals surface area contributed by atoms with Crippen molar-refractivity contribution in [2.45, 2.75) is 58.1 Å². The van der Waals surface area contributed by atoms with Crippen molar-refractivity contribution in [3.8, 4) is 0 Å². The zero-order valence-electron chi connectivity index (χ0n) is 13.0. The second kappa shape index (κ2) is 5.30. The summed E-state index contributed by atoms with van der Waals surface area (Å²) in [5.74, 6) is 1.30. The summed E-state index contributed by atoms with van der Waals surface area (Å²) in [5.41, 5.74) is 1.36. The Balaban J connectivity index is 1.65. The number of fused-ring (bicyclic) bond motifs is 1. The maximum Gasteiger partial charge on any atom is 0.153 e. The third-order valence-corrected chi connectivity index (χ3v) is 4.61. The molecule has 1 fully saturated rings. The molecule has 0 bridgehead atoms. The fourth-order valence-corrected chi connectivity index (χ4v) is 3.22. The summed E-state index contributed by atoms with van der Waals surface area (Å²) in [5, 5.41) is 18.2. The molecule has 2 heterocycles. The highest BCUT2D eigenvalue weighted by Gasteiger charge is 2.31. The molecule has 0 spiro atoms. The number of aryl methyl sites for hydroxylation is 1. The molecule has 1 saturated carbocycles. The van der Waals surface area contributed by atoms with Crippen LogP contribution in [0.3, 0.4) is 0 Å². The van der Waals surface area contributed by atoms with Gasteiger partial charge in [0.15, 0.2) is 5.65 Å². The Kier molecular flexibility index (Phi) is 3.61. The molecule has 0 saturated heterocycles. The van der Waals surface area contributed by atoms with Crippen LogP contribution in [0.4, 0.5) is 5.82 Å². The van der Waals surface area contributed by atoms with E-state index in [0.717, 1.165) is 42.8 Å². The largest absolute Gasteiger partial charge is 0.390 e. The second-order valence-electron chi connectivity index (χ2n) is 6.73. The summed E-state index contributed by atoms with van der Waals surface area (Å²) in [6, 6.07) is 4.42. The van der Waals surface area contributed by atoms with E-state index in [9.17, 15) is 5.11 Å². The van der Waals surface area contributed by atoms with Gasteiger partial charge in [-0.25, -0.2) is 9.50 Å². The molecule has 3 rings (SSSR count). The summed E-state index contributed by atoms with van der Waals surface area (Å²) in [6.07, 6.45) is 6.12. The van der Waals surface area contributed by atoms with Crippen molar-refractivity contribution in [3.63, 3.8) is 0 Å². The van der Waals surface area contributed by atoms with Gasteiger partial charge in [-0.1, -0.05) is 0 Å². The van der Waals surface area contributed by atoms with E-state index in [2.05, 4.69) is 15.4 Å². The third kappa shape index (κ3) is 3.02. The lowest BCUT2D eigenvalue weighted by Gasteiger charge is -2.36. The van der Waals surface area contributed by atoms with Crippen molar-refractivity contribution >= 4 is 11.5 Å². The highest BCUT2D eigenvalue weighted by Crippen LogP contribution is 2.33. The first-order valence-corrected chi connectivity index (χ1v) is 7.74. The number of aromatic nitrogens is 3. The Labute approximate surface area is 125 Å². The molecule has 2 aromatic heterocycles. The van der Waals surface area contributed by atoms with Crippen molar-refractivity contribution in [2.24, 2.45) is 5.92 Å². The molecule has 5 nitrogen and oxygen atoms in total.